The Labute approximate surface area is 128 Å². The van der Waals surface area contributed by atoms with E-state index in [9.17, 15) is 9.90 Å². The fourth-order valence-corrected chi connectivity index (χ4v) is 3.97. The molecular weight excluding hydrogens is 294 g/mol. The second-order valence-electron chi connectivity index (χ2n) is 5.62. The Morgan fingerprint density at radius 1 is 1.30 bits per heavy atom. The summed E-state index contributed by atoms with van der Waals surface area (Å²) in [5, 5.41) is 14.1. The zero-order chi connectivity index (χ0) is 14.2. The molecule has 1 aromatic rings. The van der Waals surface area contributed by atoms with Gasteiger partial charge in [0.05, 0.1) is 0 Å². The number of amides is 1. The quantitative estimate of drug-likeness (QED) is 0.902. The SMILES string of the molecule is O=C(NC1CC1c1ccc(Cl)cc1)C1(O)CCSCC1. The van der Waals surface area contributed by atoms with Crippen LogP contribution in [0.15, 0.2) is 24.3 Å². The number of benzene rings is 1. The summed E-state index contributed by atoms with van der Waals surface area (Å²) in [6.07, 6.45) is 2.06. The Hall–Kier alpha value is -0.710. The van der Waals surface area contributed by atoms with Gasteiger partial charge in [0.2, 0.25) is 0 Å². The average molecular weight is 312 g/mol. The molecule has 1 aliphatic heterocycles. The van der Waals surface area contributed by atoms with Gasteiger partial charge in [0.1, 0.15) is 5.60 Å². The Kier molecular flexibility index (Phi) is 3.98. The summed E-state index contributed by atoms with van der Waals surface area (Å²) >= 11 is 7.67. The molecule has 3 nitrogen and oxygen atoms in total. The van der Waals surface area contributed by atoms with Gasteiger partial charge in [-0.25, -0.2) is 0 Å². The largest absolute Gasteiger partial charge is 0.380 e. The standard InChI is InChI=1S/C15H18ClNO2S/c16-11-3-1-10(2-4-11)12-9-13(12)17-14(18)15(19)5-7-20-8-6-15/h1-4,12-13,19H,5-9H2,(H,17,18). The van der Waals surface area contributed by atoms with Crippen molar-refractivity contribution in [2.75, 3.05) is 11.5 Å². The first-order valence-corrected chi connectivity index (χ1v) is 8.48. The zero-order valence-electron chi connectivity index (χ0n) is 11.1. The maximum Gasteiger partial charge on any atom is 0.252 e. The maximum absolute atomic E-state index is 12.2. The van der Waals surface area contributed by atoms with Crippen molar-refractivity contribution in [1.82, 2.24) is 5.32 Å². The van der Waals surface area contributed by atoms with Gasteiger partial charge in [-0.1, -0.05) is 23.7 Å². The highest BCUT2D eigenvalue weighted by Gasteiger charge is 2.44. The van der Waals surface area contributed by atoms with Gasteiger partial charge in [-0.2, -0.15) is 11.8 Å². The van der Waals surface area contributed by atoms with Crippen molar-refractivity contribution >= 4 is 29.3 Å². The highest BCUT2D eigenvalue weighted by atomic mass is 35.5. The summed E-state index contributed by atoms with van der Waals surface area (Å²) < 4.78 is 0. The van der Waals surface area contributed by atoms with Gasteiger partial charge in [-0.05, 0) is 48.5 Å². The van der Waals surface area contributed by atoms with Gasteiger partial charge in [-0.15, -0.1) is 0 Å². The lowest BCUT2D eigenvalue weighted by Crippen LogP contribution is -2.49. The van der Waals surface area contributed by atoms with E-state index in [2.05, 4.69) is 5.32 Å². The number of aliphatic hydroxyl groups is 1. The molecule has 3 rings (SSSR count). The van der Waals surface area contributed by atoms with Crippen LogP contribution < -0.4 is 5.32 Å². The Morgan fingerprint density at radius 3 is 2.60 bits per heavy atom. The van der Waals surface area contributed by atoms with E-state index in [1.54, 1.807) is 11.8 Å². The first-order valence-electron chi connectivity index (χ1n) is 6.95. The highest BCUT2D eigenvalue weighted by Crippen LogP contribution is 2.41. The summed E-state index contributed by atoms with van der Waals surface area (Å²) in [5.41, 5.74) is 0.0455. The molecule has 5 heteroatoms. The zero-order valence-corrected chi connectivity index (χ0v) is 12.7. The molecule has 2 unspecified atom stereocenters. The van der Waals surface area contributed by atoms with Crippen molar-refractivity contribution in [2.24, 2.45) is 0 Å². The molecule has 1 amide bonds. The van der Waals surface area contributed by atoms with E-state index >= 15 is 0 Å². The molecule has 108 valence electrons. The van der Waals surface area contributed by atoms with Gasteiger partial charge in [0.25, 0.3) is 5.91 Å². The second kappa shape index (κ2) is 5.58. The molecule has 0 bridgehead atoms. The predicted octanol–water partition coefficient (Wildman–Crippen LogP) is 2.57. The second-order valence-corrected chi connectivity index (χ2v) is 7.28. The third kappa shape index (κ3) is 2.97. The number of hydrogen-bond acceptors (Lipinski definition) is 3. The highest BCUT2D eigenvalue weighted by molar-refractivity contribution is 7.99. The average Bonchev–Trinajstić information content (AvgIpc) is 3.19. The van der Waals surface area contributed by atoms with Gasteiger partial charge >= 0.3 is 0 Å². The van der Waals surface area contributed by atoms with Gasteiger partial charge in [0.15, 0.2) is 0 Å². The van der Waals surface area contributed by atoms with Crippen molar-refractivity contribution in [3.05, 3.63) is 34.9 Å². The van der Waals surface area contributed by atoms with Crippen molar-refractivity contribution < 1.29 is 9.90 Å². The molecule has 0 aromatic heterocycles. The fraction of sp³-hybridized carbons (Fsp3) is 0.533. The van der Waals surface area contributed by atoms with E-state index < -0.39 is 5.60 Å². The minimum absolute atomic E-state index is 0.155. The normalized spacial score (nSPS) is 27.9. The van der Waals surface area contributed by atoms with E-state index in [4.69, 9.17) is 11.6 Å². The molecule has 1 saturated carbocycles. The van der Waals surface area contributed by atoms with Crippen LogP contribution in [0.1, 0.15) is 30.7 Å². The smallest absolute Gasteiger partial charge is 0.252 e. The lowest BCUT2D eigenvalue weighted by Gasteiger charge is -2.30. The maximum atomic E-state index is 12.2. The van der Waals surface area contributed by atoms with Crippen molar-refractivity contribution in [2.45, 2.75) is 36.8 Å². The van der Waals surface area contributed by atoms with Crippen molar-refractivity contribution in [3.8, 4) is 0 Å². The van der Waals surface area contributed by atoms with Crippen LogP contribution in [0.4, 0.5) is 0 Å². The van der Waals surface area contributed by atoms with Gasteiger partial charge in [0, 0.05) is 17.0 Å². The van der Waals surface area contributed by atoms with E-state index in [1.807, 2.05) is 24.3 Å². The van der Waals surface area contributed by atoms with Gasteiger partial charge in [-0.3, -0.25) is 4.79 Å². The minimum Gasteiger partial charge on any atom is -0.380 e. The van der Waals surface area contributed by atoms with Crippen LogP contribution >= 0.6 is 23.4 Å². The van der Waals surface area contributed by atoms with E-state index in [0.717, 1.165) is 22.9 Å². The van der Waals surface area contributed by atoms with Crippen LogP contribution in [-0.2, 0) is 4.79 Å². The van der Waals surface area contributed by atoms with Crippen molar-refractivity contribution in [3.63, 3.8) is 0 Å². The number of carbonyl (C=O) groups is 1. The third-order valence-electron chi connectivity index (χ3n) is 4.15. The van der Waals surface area contributed by atoms with Crippen LogP contribution in [0.25, 0.3) is 0 Å². The number of carbonyl (C=O) groups excluding carboxylic acids is 1. The minimum atomic E-state index is -1.15. The van der Waals surface area contributed by atoms with Crippen LogP contribution in [-0.4, -0.2) is 34.2 Å². The van der Waals surface area contributed by atoms with Crippen molar-refractivity contribution in [1.29, 1.82) is 0 Å². The summed E-state index contributed by atoms with van der Waals surface area (Å²) in [6.45, 7) is 0. The summed E-state index contributed by atoms with van der Waals surface area (Å²) in [7, 11) is 0. The molecule has 2 atom stereocenters. The van der Waals surface area contributed by atoms with E-state index in [0.29, 0.717) is 18.8 Å². The molecule has 2 aliphatic rings. The number of halogens is 1. The fourth-order valence-electron chi connectivity index (χ4n) is 2.67. The summed E-state index contributed by atoms with van der Waals surface area (Å²) in [4.78, 5) is 12.2. The first-order chi connectivity index (χ1) is 9.58. The molecule has 2 fully saturated rings. The molecule has 2 N–H and O–H groups in total. The van der Waals surface area contributed by atoms with Crippen LogP contribution in [0.3, 0.4) is 0 Å². The molecule has 20 heavy (non-hydrogen) atoms. The number of thioether (sulfide) groups is 1. The molecule has 1 aromatic carbocycles. The third-order valence-corrected chi connectivity index (χ3v) is 5.39. The number of nitrogens with one attached hydrogen (secondary N) is 1. The molecule has 1 aliphatic carbocycles. The predicted molar refractivity (Wildman–Crippen MR) is 82.2 cm³/mol. The summed E-state index contributed by atoms with van der Waals surface area (Å²) in [5.74, 6) is 1.88. The Morgan fingerprint density at radius 2 is 1.95 bits per heavy atom. The lowest BCUT2D eigenvalue weighted by molar-refractivity contribution is -0.140. The van der Waals surface area contributed by atoms with Crippen LogP contribution in [0.5, 0.6) is 0 Å². The monoisotopic (exact) mass is 311 g/mol. The number of rotatable bonds is 3. The van der Waals surface area contributed by atoms with Crippen LogP contribution in [0, 0.1) is 0 Å². The molecular formula is C15H18ClNO2S. The summed E-state index contributed by atoms with van der Waals surface area (Å²) in [6, 6.07) is 7.92. The Balaban J connectivity index is 1.57. The molecule has 0 radical (unpaired) electrons. The molecule has 1 heterocycles. The number of hydrogen-bond donors (Lipinski definition) is 2. The van der Waals surface area contributed by atoms with Crippen LogP contribution in [0.2, 0.25) is 5.02 Å². The molecule has 0 spiro atoms. The van der Waals surface area contributed by atoms with E-state index in [-0.39, 0.29) is 11.9 Å². The molecule has 1 saturated heterocycles. The topological polar surface area (TPSA) is 49.3 Å². The Bertz CT molecular complexity index is 499. The van der Waals surface area contributed by atoms with Gasteiger partial charge < -0.3 is 10.4 Å². The van der Waals surface area contributed by atoms with E-state index in [1.165, 1.54) is 5.56 Å². The lowest BCUT2D eigenvalue weighted by atomic mass is 9.95. The first kappa shape index (κ1) is 14.2.